The Morgan fingerprint density at radius 3 is 2.56 bits per heavy atom. The van der Waals surface area contributed by atoms with Crippen molar-refractivity contribution in [2.45, 2.75) is 61.2 Å². The highest BCUT2D eigenvalue weighted by Crippen LogP contribution is 2.37. The van der Waals surface area contributed by atoms with Crippen molar-refractivity contribution in [1.29, 1.82) is 0 Å². The fourth-order valence-corrected chi connectivity index (χ4v) is 6.60. The van der Waals surface area contributed by atoms with Crippen molar-refractivity contribution >= 4 is 22.1 Å². The topological polar surface area (TPSA) is 75.2 Å². The van der Waals surface area contributed by atoms with Crippen LogP contribution in [0.15, 0.2) is 47.5 Å². The summed E-state index contributed by atoms with van der Waals surface area (Å²) in [7, 11) is -0.870. The van der Waals surface area contributed by atoms with Gasteiger partial charge in [0.15, 0.2) is 0 Å². The van der Waals surface area contributed by atoms with Gasteiger partial charge < -0.3 is 14.8 Å². The molecule has 2 N–H and O–H groups in total. The zero-order chi connectivity index (χ0) is 22.1. The lowest BCUT2D eigenvalue weighted by Gasteiger charge is -2.27. The third-order valence-corrected chi connectivity index (χ3v) is 9.52. The van der Waals surface area contributed by atoms with Crippen LogP contribution in [0.2, 0.25) is 0 Å². The summed E-state index contributed by atoms with van der Waals surface area (Å²) in [5.41, 5.74) is 3.42. The average Bonchev–Trinajstić information content (AvgIpc) is 3.33. The zero-order valence-electron chi connectivity index (χ0n) is 18.3. The molecule has 2 aliphatic rings. The van der Waals surface area contributed by atoms with Crippen molar-refractivity contribution in [3.63, 3.8) is 0 Å². The molecule has 0 bridgehead atoms. The summed E-state index contributed by atoms with van der Waals surface area (Å²) in [6.07, 6.45) is 6.67. The van der Waals surface area contributed by atoms with E-state index in [0.717, 1.165) is 65.8 Å². The Hall–Kier alpha value is -1.80. The van der Waals surface area contributed by atoms with Crippen LogP contribution in [0.25, 0.3) is 10.7 Å². The predicted octanol–water partition coefficient (Wildman–Crippen LogP) is 5.41. The molecule has 2 fully saturated rings. The van der Waals surface area contributed by atoms with Crippen molar-refractivity contribution in [1.82, 2.24) is 9.97 Å². The maximum Gasteiger partial charge on any atom is 0.139 e. The summed E-state index contributed by atoms with van der Waals surface area (Å²) in [4.78, 5) is 9.93. The van der Waals surface area contributed by atoms with Crippen LogP contribution in [-0.2, 0) is 15.5 Å². The second-order valence-electron chi connectivity index (χ2n) is 8.98. The molecule has 3 unspecified atom stereocenters. The first kappa shape index (κ1) is 22.0. The van der Waals surface area contributed by atoms with Crippen LogP contribution in [0.4, 0.5) is 0 Å². The van der Waals surface area contributed by atoms with Gasteiger partial charge in [0.2, 0.25) is 0 Å². The molecular formula is C25H30N2O3S2. The molecule has 32 heavy (non-hydrogen) atoms. The van der Waals surface area contributed by atoms with E-state index in [9.17, 15) is 9.32 Å². The number of aliphatic hydroxyl groups is 1. The quantitative estimate of drug-likeness (QED) is 0.462. The van der Waals surface area contributed by atoms with Gasteiger partial charge in [0.1, 0.15) is 5.01 Å². The van der Waals surface area contributed by atoms with Gasteiger partial charge in [0.05, 0.1) is 27.5 Å². The summed E-state index contributed by atoms with van der Waals surface area (Å²) in [6.45, 7) is 3.45. The average molecular weight is 471 g/mol. The molecule has 1 aliphatic carbocycles. The first-order valence-corrected chi connectivity index (χ1v) is 13.5. The van der Waals surface area contributed by atoms with Crippen LogP contribution < -0.4 is 0 Å². The molecule has 5 rings (SSSR count). The van der Waals surface area contributed by atoms with Crippen LogP contribution in [0.1, 0.15) is 67.2 Å². The number of benzene rings is 1. The minimum absolute atomic E-state index is 0.242. The maximum atomic E-state index is 12.6. The monoisotopic (exact) mass is 470 g/mol. The molecule has 1 aromatic carbocycles. The van der Waals surface area contributed by atoms with E-state index in [1.54, 1.807) is 13.1 Å². The number of aromatic nitrogens is 2. The molecule has 0 spiro atoms. The number of hydrogen-bond acceptors (Lipinski definition) is 5. The van der Waals surface area contributed by atoms with Gasteiger partial charge in [-0.15, -0.1) is 11.3 Å². The molecule has 1 aliphatic heterocycles. The molecule has 3 heterocycles. The lowest BCUT2D eigenvalue weighted by molar-refractivity contribution is 0.0626. The van der Waals surface area contributed by atoms with Crippen LogP contribution in [0, 0.1) is 5.92 Å². The number of nitrogens with one attached hydrogen (secondary N) is 1. The van der Waals surface area contributed by atoms with Gasteiger partial charge in [0, 0.05) is 41.2 Å². The van der Waals surface area contributed by atoms with E-state index in [0.29, 0.717) is 11.2 Å². The van der Waals surface area contributed by atoms with Gasteiger partial charge in [-0.05, 0) is 74.8 Å². The van der Waals surface area contributed by atoms with Crippen molar-refractivity contribution in [2.75, 3.05) is 13.2 Å². The number of ether oxygens (including phenoxy) is 1. The Bertz CT molecular complexity index is 1060. The van der Waals surface area contributed by atoms with E-state index in [4.69, 9.17) is 4.74 Å². The Kier molecular flexibility index (Phi) is 6.60. The fraction of sp³-hybridized carbons (Fsp3) is 0.480. The molecule has 1 saturated carbocycles. The molecule has 3 aromatic rings. The van der Waals surface area contributed by atoms with E-state index in [1.807, 2.05) is 0 Å². The lowest BCUT2D eigenvalue weighted by atomic mass is 9.83. The van der Waals surface area contributed by atoms with E-state index in [2.05, 4.69) is 46.4 Å². The molecular weight excluding hydrogens is 440 g/mol. The summed E-state index contributed by atoms with van der Waals surface area (Å²) in [6, 6.07) is 12.7. The number of rotatable bonds is 8. The molecule has 170 valence electrons. The molecule has 0 radical (unpaired) electrons. The van der Waals surface area contributed by atoms with Gasteiger partial charge in [-0.3, -0.25) is 4.21 Å². The third kappa shape index (κ3) is 4.91. The van der Waals surface area contributed by atoms with Gasteiger partial charge in [-0.1, -0.05) is 12.1 Å². The van der Waals surface area contributed by atoms with Gasteiger partial charge >= 0.3 is 0 Å². The number of nitrogens with zero attached hydrogens (tertiary/aromatic N) is 1. The Morgan fingerprint density at radius 1 is 1.16 bits per heavy atom. The van der Waals surface area contributed by atoms with E-state index in [-0.39, 0.29) is 5.92 Å². The van der Waals surface area contributed by atoms with Crippen LogP contribution >= 0.6 is 11.3 Å². The predicted molar refractivity (Wildman–Crippen MR) is 128 cm³/mol. The number of aromatic amines is 1. The normalized spacial score (nSPS) is 20.2. The van der Waals surface area contributed by atoms with Crippen molar-refractivity contribution in [2.24, 2.45) is 5.92 Å². The zero-order valence-corrected chi connectivity index (χ0v) is 20.0. The molecule has 7 heteroatoms. The number of thiazole rings is 1. The molecule has 0 amide bonds. The molecule has 1 saturated heterocycles. The SMILES string of the molecule is CC(O)c1cnc(-c2ccc(C(CC3CCOCC3)c3ccc(S(=O)C4CC4)cc3)[nH]2)s1. The fourth-order valence-electron chi connectivity index (χ4n) is 4.41. The van der Waals surface area contributed by atoms with E-state index < -0.39 is 16.9 Å². The van der Waals surface area contributed by atoms with Crippen LogP contribution in [0.3, 0.4) is 0 Å². The Labute approximate surface area is 195 Å². The largest absolute Gasteiger partial charge is 0.388 e. The summed E-state index contributed by atoms with van der Waals surface area (Å²) in [5.74, 6) is 0.869. The number of aliphatic hydroxyl groups excluding tert-OH is 1. The van der Waals surface area contributed by atoms with E-state index >= 15 is 0 Å². The van der Waals surface area contributed by atoms with Crippen LogP contribution in [0.5, 0.6) is 0 Å². The molecule has 5 nitrogen and oxygen atoms in total. The standard InChI is InChI=1S/C25H30N2O3S2/c1-16(28)24-15-26-25(31-24)23-9-8-22(27-23)21(14-17-10-12-30-13-11-17)18-2-4-19(5-3-18)32(29)20-6-7-20/h2-5,8-9,15-17,20-21,27-28H,6-7,10-14H2,1H3. The minimum Gasteiger partial charge on any atom is -0.388 e. The summed E-state index contributed by atoms with van der Waals surface area (Å²) < 4.78 is 18.1. The summed E-state index contributed by atoms with van der Waals surface area (Å²) in [5, 5.41) is 11.1. The van der Waals surface area contributed by atoms with Crippen molar-refractivity contribution in [3.05, 3.63) is 58.7 Å². The van der Waals surface area contributed by atoms with Crippen molar-refractivity contribution in [3.8, 4) is 10.7 Å². The Balaban J connectivity index is 1.41. The van der Waals surface area contributed by atoms with Crippen LogP contribution in [-0.4, -0.2) is 37.7 Å². The Morgan fingerprint density at radius 2 is 1.91 bits per heavy atom. The highest BCUT2D eigenvalue weighted by molar-refractivity contribution is 7.86. The second kappa shape index (κ2) is 9.59. The smallest absolute Gasteiger partial charge is 0.139 e. The lowest BCUT2D eigenvalue weighted by Crippen LogP contribution is -2.18. The molecule has 3 atom stereocenters. The van der Waals surface area contributed by atoms with E-state index in [1.165, 1.54) is 22.6 Å². The minimum atomic E-state index is -0.870. The highest BCUT2D eigenvalue weighted by atomic mass is 32.2. The van der Waals surface area contributed by atoms with Gasteiger partial charge in [-0.25, -0.2) is 4.98 Å². The first-order chi connectivity index (χ1) is 15.6. The first-order valence-electron chi connectivity index (χ1n) is 11.5. The number of H-pyrrole nitrogens is 1. The van der Waals surface area contributed by atoms with Gasteiger partial charge in [-0.2, -0.15) is 0 Å². The number of hydrogen-bond donors (Lipinski definition) is 2. The molecule has 2 aromatic heterocycles. The van der Waals surface area contributed by atoms with Crippen molar-refractivity contribution < 1.29 is 14.1 Å². The summed E-state index contributed by atoms with van der Waals surface area (Å²) >= 11 is 1.52. The van der Waals surface area contributed by atoms with Gasteiger partial charge in [0.25, 0.3) is 0 Å². The third-order valence-electron chi connectivity index (χ3n) is 6.50. The maximum absolute atomic E-state index is 12.6. The second-order valence-corrected chi connectivity index (χ2v) is 11.8. The highest BCUT2D eigenvalue weighted by Gasteiger charge is 2.30.